The minimum Gasteiger partial charge on any atom is -0.384 e. The van der Waals surface area contributed by atoms with Gasteiger partial charge in [-0.15, -0.1) is 0 Å². The van der Waals surface area contributed by atoms with Crippen LogP contribution >= 0.6 is 0 Å². The van der Waals surface area contributed by atoms with Crippen LogP contribution in [0, 0.1) is 0 Å². The highest BCUT2D eigenvalue weighted by atomic mass is 19.4. The average molecular weight is 228 g/mol. The molecule has 0 aliphatic rings. The highest BCUT2D eigenvalue weighted by molar-refractivity contribution is 5.50. The van der Waals surface area contributed by atoms with Gasteiger partial charge in [-0.25, -0.2) is 0 Å². The molecule has 0 saturated carbocycles. The van der Waals surface area contributed by atoms with Crippen LogP contribution in [0.25, 0.3) is 6.08 Å². The molecule has 0 bridgehead atoms. The second-order valence-corrected chi connectivity index (χ2v) is 3.24. The quantitative estimate of drug-likeness (QED) is 0.788. The summed E-state index contributed by atoms with van der Waals surface area (Å²) in [4.78, 5) is 0. The number of rotatable bonds is 3. The molecule has 1 nitrogen and oxygen atoms in total. The molecule has 1 aromatic rings. The summed E-state index contributed by atoms with van der Waals surface area (Å²) in [6.45, 7) is 2.81. The summed E-state index contributed by atoms with van der Waals surface area (Å²) in [5.74, 6) is 0. The van der Waals surface area contributed by atoms with Crippen LogP contribution in [0.4, 0.5) is 13.2 Å². The van der Waals surface area contributed by atoms with Crippen molar-refractivity contribution in [3.8, 4) is 0 Å². The van der Waals surface area contributed by atoms with E-state index in [4.69, 9.17) is 0 Å². The molecular weight excluding hydrogens is 217 g/mol. The minimum atomic E-state index is -4.57. The fourth-order valence-electron chi connectivity index (χ4n) is 1.05. The molecule has 1 rings (SSSR count). The van der Waals surface area contributed by atoms with Crippen LogP contribution in [0.5, 0.6) is 0 Å². The van der Waals surface area contributed by atoms with E-state index in [-0.39, 0.29) is 0 Å². The smallest absolute Gasteiger partial charge is 0.384 e. The molecule has 1 atom stereocenters. The van der Waals surface area contributed by atoms with E-state index in [2.05, 4.69) is 6.58 Å². The number of aliphatic hydroxyl groups is 1. The van der Waals surface area contributed by atoms with Crippen LogP contribution in [0.1, 0.15) is 5.56 Å². The fraction of sp³-hybridized carbons (Fsp3) is 0.167. The predicted molar refractivity (Wildman–Crippen MR) is 56.7 cm³/mol. The van der Waals surface area contributed by atoms with Gasteiger partial charge in [0.05, 0.1) is 5.57 Å². The predicted octanol–water partition coefficient (Wildman–Crippen LogP) is 3.18. The van der Waals surface area contributed by atoms with Crippen molar-refractivity contribution < 1.29 is 18.3 Å². The number of hydrogen-bond acceptors (Lipinski definition) is 1. The van der Waals surface area contributed by atoms with Gasteiger partial charge in [0, 0.05) is 0 Å². The molecule has 0 spiro atoms. The van der Waals surface area contributed by atoms with Crippen LogP contribution in [-0.2, 0) is 0 Å². The van der Waals surface area contributed by atoms with Crippen LogP contribution in [0.15, 0.2) is 48.6 Å². The van der Waals surface area contributed by atoms with Gasteiger partial charge in [-0.2, -0.15) is 13.2 Å². The van der Waals surface area contributed by atoms with Crippen LogP contribution in [0.3, 0.4) is 0 Å². The molecule has 0 aliphatic heterocycles. The third-order valence-corrected chi connectivity index (χ3v) is 1.99. The van der Waals surface area contributed by atoms with E-state index in [1.54, 1.807) is 30.3 Å². The second-order valence-electron chi connectivity index (χ2n) is 3.24. The molecule has 0 fully saturated rings. The summed E-state index contributed by atoms with van der Waals surface area (Å²) in [7, 11) is 0. The van der Waals surface area contributed by atoms with E-state index in [9.17, 15) is 18.3 Å². The molecular formula is C12H11F3O. The summed E-state index contributed by atoms with van der Waals surface area (Å²) < 4.78 is 36.4. The molecule has 1 aromatic carbocycles. The lowest BCUT2D eigenvalue weighted by Gasteiger charge is -2.12. The van der Waals surface area contributed by atoms with Gasteiger partial charge in [0.15, 0.2) is 0 Å². The monoisotopic (exact) mass is 228 g/mol. The molecule has 16 heavy (non-hydrogen) atoms. The summed E-state index contributed by atoms with van der Waals surface area (Å²) in [5, 5.41) is 9.21. The van der Waals surface area contributed by atoms with E-state index in [0.29, 0.717) is 0 Å². The number of benzene rings is 1. The topological polar surface area (TPSA) is 20.2 Å². The normalized spacial score (nSPS) is 14.0. The van der Waals surface area contributed by atoms with E-state index in [0.717, 1.165) is 11.6 Å². The number of alkyl halides is 3. The lowest BCUT2D eigenvalue weighted by atomic mass is 10.1. The van der Waals surface area contributed by atoms with E-state index in [1.165, 1.54) is 6.08 Å². The first-order valence-corrected chi connectivity index (χ1v) is 4.58. The first kappa shape index (κ1) is 12.5. The van der Waals surface area contributed by atoms with Crippen LogP contribution < -0.4 is 0 Å². The summed E-state index contributed by atoms with van der Waals surface area (Å²) in [6, 6.07) is 8.75. The largest absolute Gasteiger partial charge is 0.414 e. The maximum Gasteiger partial charge on any atom is 0.414 e. The Hall–Kier alpha value is -1.55. The molecule has 0 aromatic heterocycles. The highest BCUT2D eigenvalue weighted by Gasteiger charge is 2.35. The first-order chi connectivity index (χ1) is 7.41. The van der Waals surface area contributed by atoms with Gasteiger partial charge in [0.2, 0.25) is 0 Å². The van der Waals surface area contributed by atoms with Crippen LogP contribution in [0.2, 0.25) is 0 Å². The average Bonchev–Trinajstić information content (AvgIpc) is 2.25. The molecule has 0 amide bonds. The van der Waals surface area contributed by atoms with Gasteiger partial charge in [-0.05, 0) is 5.56 Å². The highest BCUT2D eigenvalue weighted by Crippen LogP contribution is 2.27. The van der Waals surface area contributed by atoms with Gasteiger partial charge < -0.3 is 5.11 Å². The van der Waals surface area contributed by atoms with E-state index in [1.807, 2.05) is 0 Å². The molecule has 0 aliphatic carbocycles. The first-order valence-electron chi connectivity index (χ1n) is 4.58. The number of halogens is 3. The lowest BCUT2D eigenvalue weighted by molar-refractivity contribution is -0.101. The van der Waals surface area contributed by atoms with Crippen molar-refractivity contribution in [1.29, 1.82) is 0 Å². The zero-order valence-corrected chi connectivity index (χ0v) is 8.41. The zero-order chi connectivity index (χ0) is 12.2. The molecule has 0 radical (unpaired) electrons. The van der Waals surface area contributed by atoms with Crippen molar-refractivity contribution in [2.24, 2.45) is 0 Å². The van der Waals surface area contributed by atoms with E-state index >= 15 is 0 Å². The Bertz CT molecular complexity index is 379. The standard InChI is InChI=1S/C12H11F3O/c1-9(12(13,14)15)11(16)8-7-10-5-3-2-4-6-10/h2-8,11,16H,1H2/b8-7+/t11-/m1/s1. The Morgan fingerprint density at radius 1 is 1.25 bits per heavy atom. The molecule has 0 saturated heterocycles. The van der Waals surface area contributed by atoms with Crippen LogP contribution in [-0.4, -0.2) is 17.4 Å². The number of aliphatic hydroxyl groups excluding tert-OH is 1. The molecule has 1 N–H and O–H groups in total. The zero-order valence-electron chi connectivity index (χ0n) is 8.41. The Balaban J connectivity index is 2.69. The summed E-state index contributed by atoms with van der Waals surface area (Å²) in [5.41, 5.74) is -0.448. The minimum absolute atomic E-state index is 0.719. The van der Waals surface area contributed by atoms with Gasteiger partial charge in [-0.1, -0.05) is 49.1 Å². The molecule has 86 valence electrons. The summed E-state index contributed by atoms with van der Waals surface area (Å²) >= 11 is 0. The van der Waals surface area contributed by atoms with Crippen molar-refractivity contribution in [3.63, 3.8) is 0 Å². The van der Waals surface area contributed by atoms with E-state index < -0.39 is 17.9 Å². The van der Waals surface area contributed by atoms with Crippen molar-refractivity contribution in [1.82, 2.24) is 0 Å². The SMILES string of the molecule is C=C([C@H](O)/C=C/c1ccccc1)C(F)(F)F. The maximum atomic E-state index is 12.1. The second kappa shape index (κ2) is 4.99. The number of hydrogen-bond donors (Lipinski definition) is 1. The maximum absolute atomic E-state index is 12.1. The van der Waals surface area contributed by atoms with Crippen molar-refractivity contribution in [3.05, 3.63) is 54.1 Å². The lowest BCUT2D eigenvalue weighted by Crippen LogP contribution is -2.21. The fourth-order valence-corrected chi connectivity index (χ4v) is 1.05. The Kier molecular flexibility index (Phi) is 3.90. The van der Waals surface area contributed by atoms with Gasteiger partial charge in [0.1, 0.15) is 6.10 Å². The Morgan fingerprint density at radius 2 is 1.81 bits per heavy atom. The van der Waals surface area contributed by atoms with Crippen molar-refractivity contribution in [2.75, 3.05) is 0 Å². The molecule has 4 heteroatoms. The van der Waals surface area contributed by atoms with Gasteiger partial charge in [-0.3, -0.25) is 0 Å². The third kappa shape index (κ3) is 3.55. The van der Waals surface area contributed by atoms with Gasteiger partial charge in [0.25, 0.3) is 0 Å². The van der Waals surface area contributed by atoms with Crippen molar-refractivity contribution >= 4 is 6.08 Å². The summed E-state index contributed by atoms with van der Waals surface area (Å²) in [6.07, 6.45) is -3.80. The van der Waals surface area contributed by atoms with Gasteiger partial charge >= 0.3 is 6.18 Å². The molecule has 0 unspecified atom stereocenters. The molecule has 0 heterocycles. The van der Waals surface area contributed by atoms with Crippen molar-refractivity contribution in [2.45, 2.75) is 12.3 Å². The third-order valence-electron chi connectivity index (χ3n) is 1.99. The Morgan fingerprint density at radius 3 is 2.31 bits per heavy atom. The Labute approximate surface area is 91.5 Å².